The summed E-state index contributed by atoms with van der Waals surface area (Å²) in [4.78, 5) is 26.7. The number of Topliss-reactive ketones (excluding diaryl/α,β-unsaturated/α-hetero) is 2. The normalized spacial score (nSPS) is 22.6. The maximum atomic E-state index is 12.3. The molecule has 1 N–H and O–H groups in total. The SMILES string of the molecule is CN1/C(=C\C=C\C(O)=C2C(=O)CC(C)(C)CC2=O)C(C)(C)c2ccccc21. The van der Waals surface area contributed by atoms with Crippen LogP contribution in [0.25, 0.3) is 0 Å². The molecule has 1 fully saturated rings. The first-order valence-electron chi connectivity index (χ1n) is 9.26. The van der Waals surface area contributed by atoms with Gasteiger partial charge in [-0.05, 0) is 29.2 Å². The topological polar surface area (TPSA) is 57.6 Å². The minimum Gasteiger partial charge on any atom is -0.507 e. The number of fused-ring (bicyclic) bond motifs is 1. The lowest BCUT2D eigenvalue weighted by Gasteiger charge is -2.28. The van der Waals surface area contributed by atoms with Crippen LogP contribution >= 0.6 is 0 Å². The van der Waals surface area contributed by atoms with E-state index in [0.29, 0.717) is 0 Å². The van der Waals surface area contributed by atoms with Crippen molar-refractivity contribution >= 4 is 17.3 Å². The summed E-state index contributed by atoms with van der Waals surface area (Å²) < 4.78 is 0. The first-order valence-corrected chi connectivity index (χ1v) is 9.26. The molecule has 0 saturated heterocycles. The Morgan fingerprint density at radius 1 is 1.07 bits per heavy atom. The highest BCUT2D eigenvalue weighted by molar-refractivity contribution is 6.22. The van der Waals surface area contributed by atoms with Crippen molar-refractivity contribution in [3.8, 4) is 0 Å². The van der Waals surface area contributed by atoms with Crippen molar-refractivity contribution in [2.45, 2.75) is 46.0 Å². The molecule has 1 aliphatic carbocycles. The summed E-state index contributed by atoms with van der Waals surface area (Å²) in [6.45, 7) is 8.10. The fraction of sp³-hybridized carbons (Fsp3) is 0.391. The summed E-state index contributed by atoms with van der Waals surface area (Å²) in [6.07, 6.45) is 5.64. The molecule has 0 amide bonds. The number of hydrogen-bond acceptors (Lipinski definition) is 4. The van der Waals surface area contributed by atoms with Crippen LogP contribution < -0.4 is 4.90 Å². The molecule has 4 heteroatoms. The second-order valence-corrected chi connectivity index (χ2v) is 8.74. The molecule has 1 heterocycles. The molecule has 0 aromatic heterocycles. The maximum absolute atomic E-state index is 12.3. The van der Waals surface area contributed by atoms with Crippen LogP contribution in [0.1, 0.15) is 46.1 Å². The molecule has 142 valence electrons. The largest absolute Gasteiger partial charge is 0.507 e. The van der Waals surface area contributed by atoms with Gasteiger partial charge in [-0.25, -0.2) is 0 Å². The molecule has 0 atom stereocenters. The number of allylic oxidation sites excluding steroid dienone is 5. The smallest absolute Gasteiger partial charge is 0.170 e. The molecule has 1 aromatic carbocycles. The van der Waals surface area contributed by atoms with Gasteiger partial charge in [0.25, 0.3) is 0 Å². The van der Waals surface area contributed by atoms with Gasteiger partial charge in [0.05, 0.1) is 0 Å². The number of likely N-dealkylation sites (N-methyl/N-ethyl adjacent to an activating group) is 1. The highest BCUT2D eigenvalue weighted by Crippen LogP contribution is 2.46. The average molecular weight is 365 g/mol. The van der Waals surface area contributed by atoms with Crippen LogP contribution in [0.5, 0.6) is 0 Å². The van der Waals surface area contributed by atoms with Crippen molar-refractivity contribution < 1.29 is 14.7 Å². The molecule has 27 heavy (non-hydrogen) atoms. The minimum absolute atomic E-state index is 0.0636. The predicted octanol–water partition coefficient (Wildman–Crippen LogP) is 4.62. The van der Waals surface area contributed by atoms with Crippen LogP contribution in [0, 0.1) is 5.41 Å². The standard InChI is InChI=1S/C23H27NO3/c1-22(2)13-18(26)21(19(27)14-22)17(25)11-8-12-20-23(3,4)15-9-6-7-10-16(15)24(20)5/h6-12,25H,13-14H2,1-5H3/b11-8+,20-12-. The van der Waals surface area contributed by atoms with Crippen molar-refractivity contribution in [2.24, 2.45) is 5.41 Å². The number of carbonyl (C=O) groups excluding carboxylic acids is 2. The van der Waals surface area contributed by atoms with Gasteiger partial charge >= 0.3 is 0 Å². The molecule has 4 nitrogen and oxygen atoms in total. The zero-order valence-electron chi connectivity index (χ0n) is 16.7. The molecule has 0 bridgehead atoms. The van der Waals surface area contributed by atoms with E-state index in [1.807, 2.05) is 39.1 Å². The van der Waals surface area contributed by atoms with Crippen LogP contribution in [-0.4, -0.2) is 23.7 Å². The molecule has 0 spiro atoms. The Morgan fingerprint density at radius 2 is 1.67 bits per heavy atom. The van der Waals surface area contributed by atoms with Gasteiger partial charge in [-0.15, -0.1) is 0 Å². The quantitative estimate of drug-likeness (QED) is 0.472. The number of aliphatic hydroxyl groups excluding tert-OH is 1. The van der Waals surface area contributed by atoms with E-state index in [-0.39, 0.29) is 46.6 Å². The van der Waals surface area contributed by atoms with Crippen molar-refractivity contribution in [1.29, 1.82) is 0 Å². The zero-order valence-corrected chi connectivity index (χ0v) is 16.7. The molecule has 1 aliphatic heterocycles. The Balaban J connectivity index is 1.89. The highest BCUT2D eigenvalue weighted by atomic mass is 16.3. The summed E-state index contributed by atoms with van der Waals surface area (Å²) >= 11 is 0. The Labute approximate surface area is 160 Å². The van der Waals surface area contributed by atoms with Gasteiger partial charge in [-0.1, -0.05) is 52.0 Å². The zero-order chi connectivity index (χ0) is 20.0. The molecular formula is C23H27NO3. The van der Waals surface area contributed by atoms with Crippen molar-refractivity contribution in [3.05, 3.63) is 65.1 Å². The second kappa shape index (κ2) is 6.52. The predicted molar refractivity (Wildman–Crippen MR) is 108 cm³/mol. The molecule has 1 saturated carbocycles. The molecule has 2 aliphatic rings. The van der Waals surface area contributed by atoms with Crippen molar-refractivity contribution in [3.63, 3.8) is 0 Å². The number of benzene rings is 1. The number of carbonyl (C=O) groups is 2. The summed E-state index contributed by atoms with van der Waals surface area (Å²) in [5, 5.41) is 10.3. The van der Waals surface area contributed by atoms with Crippen molar-refractivity contribution in [2.75, 3.05) is 11.9 Å². The number of ketones is 2. The fourth-order valence-corrected chi connectivity index (χ4v) is 4.17. The van der Waals surface area contributed by atoms with Gasteiger partial charge < -0.3 is 10.0 Å². The number of para-hydroxylation sites is 1. The van der Waals surface area contributed by atoms with E-state index in [4.69, 9.17) is 0 Å². The summed E-state index contributed by atoms with van der Waals surface area (Å²) in [7, 11) is 2.02. The molecule has 0 radical (unpaired) electrons. The van der Waals surface area contributed by atoms with E-state index in [1.165, 1.54) is 11.6 Å². The van der Waals surface area contributed by atoms with E-state index in [2.05, 4.69) is 30.9 Å². The maximum Gasteiger partial charge on any atom is 0.170 e. The molecule has 3 rings (SSSR count). The first-order chi connectivity index (χ1) is 12.5. The van der Waals surface area contributed by atoms with Crippen LogP contribution in [0.3, 0.4) is 0 Å². The number of anilines is 1. The van der Waals surface area contributed by atoms with Crippen LogP contribution in [0.4, 0.5) is 5.69 Å². The highest BCUT2D eigenvalue weighted by Gasteiger charge is 2.38. The lowest BCUT2D eigenvalue weighted by molar-refractivity contribution is -0.127. The van der Waals surface area contributed by atoms with Crippen LogP contribution in [-0.2, 0) is 15.0 Å². The monoisotopic (exact) mass is 365 g/mol. The lowest BCUT2D eigenvalue weighted by Crippen LogP contribution is -2.32. The summed E-state index contributed by atoms with van der Waals surface area (Å²) in [6, 6.07) is 8.26. The minimum atomic E-state index is -0.341. The summed E-state index contributed by atoms with van der Waals surface area (Å²) in [5.41, 5.74) is 2.91. The average Bonchev–Trinajstić information content (AvgIpc) is 2.74. The lowest BCUT2D eigenvalue weighted by atomic mass is 9.74. The molecular weight excluding hydrogens is 338 g/mol. The van der Waals surface area contributed by atoms with Crippen molar-refractivity contribution in [1.82, 2.24) is 0 Å². The second-order valence-electron chi connectivity index (χ2n) is 8.74. The van der Waals surface area contributed by atoms with Gasteiger partial charge in [-0.2, -0.15) is 0 Å². The van der Waals surface area contributed by atoms with Gasteiger partial charge in [0, 0.05) is 36.7 Å². The van der Waals surface area contributed by atoms with E-state index in [9.17, 15) is 14.7 Å². The third-order valence-corrected chi connectivity index (χ3v) is 5.54. The Bertz CT molecular complexity index is 878. The Kier molecular flexibility index (Phi) is 4.62. The van der Waals surface area contributed by atoms with E-state index < -0.39 is 0 Å². The van der Waals surface area contributed by atoms with Gasteiger partial charge in [0.2, 0.25) is 0 Å². The third kappa shape index (κ3) is 3.36. The van der Waals surface area contributed by atoms with Crippen LogP contribution in [0.2, 0.25) is 0 Å². The fourth-order valence-electron chi connectivity index (χ4n) is 4.17. The third-order valence-electron chi connectivity index (χ3n) is 5.54. The number of hydrogen-bond donors (Lipinski definition) is 1. The number of rotatable bonds is 2. The Morgan fingerprint density at radius 3 is 2.26 bits per heavy atom. The van der Waals surface area contributed by atoms with Gasteiger partial charge in [0.15, 0.2) is 11.6 Å². The first kappa shape index (κ1) is 19.2. The van der Waals surface area contributed by atoms with E-state index in [1.54, 1.807) is 6.08 Å². The van der Waals surface area contributed by atoms with Gasteiger partial charge in [0.1, 0.15) is 11.3 Å². The van der Waals surface area contributed by atoms with E-state index in [0.717, 1.165) is 11.4 Å². The number of nitrogens with zero attached hydrogens (tertiary/aromatic N) is 1. The van der Waals surface area contributed by atoms with Gasteiger partial charge in [-0.3, -0.25) is 9.59 Å². The number of aliphatic hydroxyl groups is 1. The Hall–Kier alpha value is -2.62. The summed E-state index contributed by atoms with van der Waals surface area (Å²) in [5.74, 6) is -0.804. The van der Waals surface area contributed by atoms with E-state index >= 15 is 0 Å². The van der Waals surface area contributed by atoms with Crippen LogP contribution in [0.15, 0.2) is 59.5 Å². The molecule has 0 unspecified atom stereocenters. The molecule has 1 aromatic rings.